The van der Waals surface area contributed by atoms with Crippen LogP contribution in [0.5, 0.6) is 0 Å². The maximum atomic E-state index is 12.2. The minimum absolute atomic E-state index is 0.0583. The zero-order chi connectivity index (χ0) is 33.4. The van der Waals surface area contributed by atoms with Gasteiger partial charge in [-0.3, -0.25) is 9.88 Å². The SMILES string of the molecule is C=CCOC(=O)Nc1ncnc2c1ncn2[C@H]1C[C@H](OP(Cl)OCC=C)[C@@H](CO[Si](c2ccccc2)(c2ccccc2)C(C)(C)C)O1. The van der Waals surface area contributed by atoms with E-state index in [0.29, 0.717) is 17.6 Å². The Balaban J connectivity index is 1.46. The zero-order valence-corrected chi connectivity index (χ0v) is 29.3. The highest BCUT2D eigenvalue weighted by atomic mass is 35.7. The zero-order valence-electron chi connectivity index (χ0n) is 26.6. The van der Waals surface area contributed by atoms with Crippen molar-refractivity contribution >= 4 is 60.7 Å². The van der Waals surface area contributed by atoms with Crippen LogP contribution in [0, 0.1) is 0 Å². The summed E-state index contributed by atoms with van der Waals surface area (Å²) < 4.78 is 32.6. The van der Waals surface area contributed by atoms with E-state index < -0.39 is 40.6 Å². The molecule has 1 unspecified atom stereocenters. The molecule has 47 heavy (non-hydrogen) atoms. The number of nitrogens with one attached hydrogen (secondary N) is 1. The number of anilines is 1. The van der Waals surface area contributed by atoms with Gasteiger partial charge in [0.25, 0.3) is 16.0 Å². The van der Waals surface area contributed by atoms with Crippen molar-refractivity contribution in [3.63, 3.8) is 0 Å². The molecule has 0 aliphatic carbocycles. The molecule has 3 heterocycles. The van der Waals surface area contributed by atoms with Gasteiger partial charge in [-0.2, -0.15) is 0 Å². The van der Waals surface area contributed by atoms with Crippen LogP contribution in [0.1, 0.15) is 33.4 Å². The van der Waals surface area contributed by atoms with Crippen LogP contribution in [-0.4, -0.2) is 66.0 Å². The molecule has 2 aromatic carbocycles. The van der Waals surface area contributed by atoms with E-state index in [9.17, 15) is 4.79 Å². The second kappa shape index (κ2) is 15.6. The first kappa shape index (κ1) is 34.8. The molecule has 4 aromatic rings. The third-order valence-corrected chi connectivity index (χ3v) is 14.1. The van der Waals surface area contributed by atoms with E-state index >= 15 is 0 Å². The number of hydrogen-bond donors (Lipinski definition) is 1. The van der Waals surface area contributed by atoms with Gasteiger partial charge < -0.3 is 22.9 Å². The number of carbonyl (C=O) groups is 1. The number of fused-ring (bicyclic) bond motifs is 1. The highest BCUT2D eigenvalue weighted by molar-refractivity contribution is 7.76. The van der Waals surface area contributed by atoms with Gasteiger partial charge >= 0.3 is 6.09 Å². The van der Waals surface area contributed by atoms with Gasteiger partial charge in [0.15, 0.2) is 17.0 Å². The van der Waals surface area contributed by atoms with E-state index in [1.807, 2.05) is 12.1 Å². The van der Waals surface area contributed by atoms with Gasteiger partial charge in [0.05, 0.1) is 25.6 Å². The van der Waals surface area contributed by atoms with Crippen LogP contribution in [0.3, 0.4) is 0 Å². The van der Waals surface area contributed by atoms with E-state index in [0.717, 1.165) is 10.4 Å². The van der Waals surface area contributed by atoms with Gasteiger partial charge in [-0.15, -0.1) is 6.58 Å². The number of aromatic nitrogens is 4. The van der Waals surface area contributed by atoms with Crippen LogP contribution in [0.2, 0.25) is 5.04 Å². The first-order chi connectivity index (χ1) is 22.7. The predicted octanol–water partition coefficient (Wildman–Crippen LogP) is 6.48. The lowest BCUT2D eigenvalue weighted by molar-refractivity contribution is -0.0356. The molecule has 0 radical (unpaired) electrons. The molecule has 14 heteroatoms. The van der Waals surface area contributed by atoms with Crippen molar-refractivity contribution in [2.24, 2.45) is 0 Å². The quantitative estimate of drug-likeness (QED) is 0.0899. The van der Waals surface area contributed by atoms with E-state index in [1.54, 1.807) is 17.0 Å². The highest BCUT2D eigenvalue weighted by Crippen LogP contribution is 2.49. The van der Waals surface area contributed by atoms with E-state index in [-0.39, 0.29) is 30.7 Å². The third-order valence-electron chi connectivity index (χ3n) is 7.80. The Labute approximate surface area is 281 Å². The number of hydrogen-bond acceptors (Lipinski definition) is 9. The van der Waals surface area contributed by atoms with Gasteiger partial charge in [0.2, 0.25) is 0 Å². The maximum absolute atomic E-state index is 12.2. The Morgan fingerprint density at radius 1 is 1.06 bits per heavy atom. The predicted molar refractivity (Wildman–Crippen MR) is 186 cm³/mol. The summed E-state index contributed by atoms with van der Waals surface area (Å²) in [6.45, 7) is 14.5. The molecular formula is C33H39ClN5O6PSi. The molecule has 1 amide bonds. The topological polar surface area (TPSA) is 119 Å². The standard InChI is InChI=1S/C33H39ClN5O6PSi/c1-6-18-41-32(40)38-30-29-31(36-22-35-30)39(23-37-29)28-20-26(45-46(34)42-19-7-2)27(44-28)21-43-47(33(3,4)5,24-14-10-8-11-15-24)25-16-12-9-13-17-25/h6-17,22-23,26-28H,1-2,18-21H2,3-5H3,(H,35,36,38,40)/t26-,27+,28+,46?/m0/s1. The van der Waals surface area contributed by atoms with Crippen molar-refractivity contribution in [2.75, 3.05) is 25.1 Å². The molecule has 4 atom stereocenters. The van der Waals surface area contributed by atoms with Crippen molar-refractivity contribution in [1.82, 2.24) is 19.5 Å². The summed E-state index contributed by atoms with van der Waals surface area (Å²) in [5.41, 5.74) is 0.845. The van der Waals surface area contributed by atoms with Crippen molar-refractivity contribution in [1.29, 1.82) is 0 Å². The number of imidazole rings is 1. The number of carbonyl (C=O) groups excluding carboxylic acids is 1. The molecule has 2 aromatic heterocycles. The fraction of sp³-hybridized carbons (Fsp3) is 0.333. The minimum Gasteiger partial charge on any atom is -0.445 e. The first-order valence-electron chi connectivity index (χ1n) is 15.2. The second-order valence-electron chi connectivity index (χ2n) is 11.8. The number of ether oxygens (including phenoxy) is 2. The van der Waals surface area contributed by atoms with Crippen molar-refractivity contribution in [3.05, 3.63) is 98.6 Å². The number of rotatable bonds is 14. The number of nitrogens with zero attached hydrogens (tertiary/aromatic N) is 4. The summed E-state index contributed by atoms with van der Waals surface area (Å²) in [5, 5.41) is 4.69. The van der Waals surface area contributed by atoms with Gasteiger partial charge in [0.1, 0.15) is 25.3 Å². The van der Waals surface area contributed by atoms with Gasteiger partial charge in [0, 0.05) is 6.42 Å². The summed E-state index contributed by atoms with van der Waals surface area (Å²) in [6.07, 6.45) is 4.26. The Kier molecular flexibility index (Phi) is 11.6. The first-order valence-corrected chi connectivity index (χ1v) is 19.2. The highest BCUT2D eigenvalue weighted by Gasteiger charge is 2.51. The van der Waals surface area contributed by atoms with Crippen LogP contribution < -0.4 is 15.7 Å². The molecular weight excluding hydrogens is 657 g/mol. The number of amides is 1. The fourth-order valence-electron chi connectivity index (χ4n) is 5.77. The Bertz CT molecular complexity index is 1620. The van der Waals surface area contributed by atoms with E-state index in [4.69, 9.17) is 34.2 Å². The molecule has 0 spiro atoms. The van der Waals surface area contributed by atoms with Gasteiger partial charge in [-0.05, 0) is 26.7 Å². The molecule has 248 valence electrons. The van der Waals surface area contributed by atoms with Crippen molar-refractivity contribution < 1.29 is 27.7 Å². The average molecular weight is 696 g/mol. The average Bonchev–Trinajstić information content (AvgIpc) is 3.68. The minimum atomic E-state index is -2.88. The Morgan fingerprint density at radius 3 is 2.34 bits per heavy atom. The fourth-order valence-corrected chi connectivity index (χ4v) is 11.5. The van der Waals surface area contributed by atoms with Crippen LogP contribution in [0.25, 0.3) is 11.2 Å². The summed E-state index contributed by atoms with van der Waals surface area (Å²) in [6, 6.07) is 20.8. The van der Waals surface area contributed by atoms with Crippen molar-refractivity contribution in [3.8, 4) is 0 Å². The second-order valence-corrected chi connectivity index (χ2v) is 17.9. The smallest absolute Gasteiger partial charge is 0.413 e. The molecule has 0 saturated carbocycles. The molecule has 0 bridgehead atoms. The van der Waals surface area contributed by atoms with Crippen LogP contribution in [-0.2, 0) is 22.9 Å². The summed E-state index contributed by atoms with van der Waals surface area (Å²) in [5.74, 6) is 0.210. The van der Waals surface area contributed by atoms with Crippen LogP contribution in [0.15, 0.2) is 98.6 Å². The normalized spacial score (nSPS) is 18.9. The molecule has 11 nitrogen and oxygen atoms in total. The third kappa shape index (κ3) is 7.81. The van der Waals surface area contributed by atoms with E-state index in [2.05, 4.69) is 103 Å². The lowest BCUT2D eigenvalue weighted by Crippen LogP contribution is -2.67. The summed E-state index contributed by atoms with van der Waals surface area (Å²) in [4.78, 5) is 25.3. The Morgan fingerprint density at radius 2 is 1.72 bits per heavy atom. The molecule has 5 rings (SSSR count). The maximum Gasteiger partial charge on any atom is 0.413 e. The lowest BCUT2D eigenvalue weighted by atomic mass is 10.2. The summed E-state index contributed by atoms with van der Waals surface area (Å²) in [7, 11) is -4.62. The number of benzene rings is 2. The van der Waals surface area contributed by atoms with E-state index in [1.165, 1.54) is 12.4 Å². The van der Waals surface area contributed by atoms with Crippen LogP contribution in [0.4, 0.5) is 10.6 Å². The van der Waals surface area contributed by atoms with Gasteiger partial charge in [-0.1, -0.05) is 100 Å². The monoisotopic (exact) mass is 695 g/mol. The van der Waals surface area contributed by atoms with Crippen LogP contribution >= 0.6 is 19.0 Å². The molecule has 1 aliphatic heterocycles. The summed E-state index contributed by atoms with van der Waals surface area (Å²) >= 11 is 6.52. The van der Waals surface area contributed by atoms with Gasteiger partial charge in [-0.25, -0.2) is 19.7 Å². The largest absolute Gasteiger partial charge is 0.445 e. The molecule has 1 fully saturated rings. The number of halogens is 1. The molecule has 1 saturated heterocycles. The van der Waals surface area contributed by atoms with Crippen molar-refractivity contribution in [2.45, 2.75) is 50.7 Å². The Hall–Kier alpha value is -3.48. The lowest BCUT2D eigenvalue weighted by Gasteiger charge is -2.43. The molecule has 1 aliphatic rings. The molecule has 1 N–H and O–H groups in total.